The number of unbranched alkanes of at least 4 members (excludes halogenated alkanes) is 1. The summed E-state index contributed by atoms with van der Waals surface area (Å²) in [6.45, 7) is 0. The Morgan fingerprint density at radius 2 is 1.94 bits per heavy atom. The summed E-state index contributed by atoms with van der Waals surface area (Å²) in [7, 11) is 0. The quantitative estimate of drug-likeness (QED) is 0.583. The third kappa shape index (κ3) is 5.81. The molecule has 0 heterocycles. The summed E-state index contributed by atoms with van der Waals surface area (Å²) in [6.07, 6.45) is 9.68. The van der Waals surface area contributed by atoms with E-state index >= 15 is 0 Å². The van der Waals surface area contributed by atoms with Crippen LogP contribution in [0.15, 0.2) is 48.6 Å². The molecule has 1 aromatic carbocycles. The molecule has 0 amide bonds. The molecule has 0 spiro atoms. The van der Waals surface area contributed by atoms with Crippen LogP contribution < -0.4 is 0 Å². The van der Waals surface area contributed by atoms with Gasteiger partial charge in [-0.1, -0.05) is 54.6 Å². The lowest BCUT2D eigenvalue weighted by atomic mass is 10.2. The molecule has 0 saturated heterocycles. The topological polar surface area (TPSA) is 37.3 Å². The molecule has 0 unspecified atom stereocenters. The van der Waals surface area contributed by atoms with Crippen molar-refractivity contribution in [2.75, 3.05) is 0 Å². The SMILES string of the molecule is O=C(O)CCC/C=C/C=C/c1ccccc1. The van der Waals surface area contributed by atoms with Crippen molar-refractivity contribution in [2.24, 2.45) is 0 Å². The Morgan fingerprint density at radius 3 is 2.62 bits per heavy atom. The smallest absolute Gasteiger partial charge is 0.303 e. The lowest BCUT2D eigenvalue weighted by Gasteiger charge is -1.90. The largest absolute Gasteiger partial charge is 0.481 e. The number of aliphatic carboxylic acids is 1. The zero-order valence-corrected chi connectivity index (χ0v) is 9.17. The van der Waals surface area contributed by atoms with Gasteiger partial charge in [-0.3, -0.25) is 4.79 Å². The van der Waals surface area contributed by atoms with E-state index in [1.165, 1.54) is 0 Å². The molecule has 16 heavy (non-hydrogen) atoms. The van der Waals surface area contributed by atoms with Gasteiger partial charge >= 0.3 is 5.97 Å². The van der Waals surface area contributed by atoms with Gasteiger partial charge in [-0.25, -0.2) is 0 Å². The predicted molar refractivity (Wildman–Crippen MR) is 66.1 cm³/mol. The zero-order valence-electron chi connectivity index (χ0n) is 9.17. The fraction of sp³-hybridized carbons (Fsp3) is 0.214. The second-order valence-electron chi connectivity index (χ2n) is 3.48. The van der Waals surface area contributed by atoms with Crippen LogP contribution in [0.4, 0.5) is 0 Å². The minimum atomic E-state index is -0.728. The van der Waals surface area contributed by atoms with Crippen LogP contribution in [0, 0.1) is 0 Å². The zero-order chi connectivity index (χ0) is 11.6. The molecule has 0 atom stereocenters. The van der Waals surface area contributed by atoms with Crippen molar-refractivity contribution < 1.29 is 9.90 Å². The first-order valence-electron chi connectivity index (χ1n) is 5.39. The molecule has 0 aromatic heterocycles. The summed E-state index contributed by atoms with van der Waals surface area (Å²) in [6, 6.07) is 10.1. The Morgan fingerprint density at radius 1 is 1.19 bits per heavy atom. The molecule has 1 aromatic rings. The van der Waals surface area contributed by atoms with Crippen LogP contribution >= 0.6 is 0 Å². The molecule has 0 radical (unpaired) electrons. The highest BCUT2D eigenvalue weighted by Crippen LogP contribution is 2.01. The molecule has 0 aliphatic rings. The van der Waals surface area contributed by atoms with Gasteiger partial charge in [0, 0.05) is 6.42 Å². The molecule has 0 aliphatic heterocycles. The van der Waals surface area contributed by atoms with Crippen molar-refractivity contribution in [1.29, 1.82) is 0 Å². The molecule has 2 nitrogen and oxygen atoms in total. The molecule has 0 bridgehead atoms. The monoisotopic (exact) mass is 216 g/mol. The number of hydrogen-bond donors (Lipinski definition) is 1. The molecule has 0 saturated carbocycles. The van der Waals surface area contributed by atoms with E-state index in [1.54, 1.807) is 0 Å². The summed E-state index contributed by atoms with van der Waals surface area (Å²) in [5, 5.41) is 8.43. The van der Waals surface area contributed by atoms with Crippen LogP contribution in [-0.4, -0.2) is 11.1 Å². The number of allylic oxidation sites excluding steroid dienone is 3. The molecule has 1 N–H and O–H groups in total. The number of carboxylic acid groups (broad SMARTS) is 1. The molecule has 0 fully saturated rings. The minimum Gasteiger partial charge on any atom is -0.481 e. The van der Waals surface area contributed by atoms with Gasteiger partial charge in [-0.05, 0) is 18.4 Å². The van der Waals surface area contributed by atoms with Crippen LogP contribution in [-0.2, 0) is 4.79 Å². The summed E-state index contributed by atoms with van der Waals surface area (Å²) in [5.74, 6) is -0.728. The maximum Gasteiger partial charge on any atom is 0.303 e. The minimum absolute atomic E-state index is 0.243. The van der Waals surface area contributed by atoms with Crippen molar-refractivity contribution in [3.05, 3.63) is 54.1 Å². The van der Waals surface area contributed by atoms with E-state index in [1.807, 2.05) is 54.6 Å². The van der Waals surface area contributed by atoms with Gasteiger partial charge in [-0.15, -0.1) is 0 Å². The average molecular weight is 216 g/mol. The maximum atomic E-state index is 10.2. The van der Waals surface area contributed by atoms with Crippen molar-refractivity contribution in [3.63, 3.8) is 0 Å². The van der Waals surface area contributed by atoms with Crippen molar-refractivity contribution in [1.82, 2.24) is 0 Å². The standard InChI is InChI=1S/C14H16O2/c15-14(16)12-8-3-1-2-5-9-13-10-6-4-7-11-13/h1-2,4-7,9-11H,3,8,12H2,(H,15,16)/b2-1+,9-5+. The van der Waals surface area contributed by atoms with Gasteiger partial charge in [0.2, 0.25) is 0 Å². The van der Waals surface area contributed by atoms with Crippen LogP contribution in [0.25, 0.3) is 6.08 Å². The van der Waals surface area contributed by atoms with Crippen LogP contribution in [0.1, 0.15) is 24.8 Å². The first kappa shape index (κ1) is 12.2. The van der Waals surface area contributed by atoms with E-state index in [9.17, 15) is 4.79 Å². The summed E-state index contributed by atoms with van der Waals surface area (Å²) in [5.41, 5.74) is 1.16. The van der Waals surface area contributed by atoms with Gasteiger partial charge in [-0.2, -0.15) is 0 Å². The first-order chi connectivity index (χ1) is 7.79. The fourth-order valence-corrected chi connectivity index (χ4v) is 1.28. The number of benzene rings is 1. The normalized spacial score (nSPS) is 11.2. The van der Waals surface area contributed by atoms with Crippen molar-refractivity contribution in [2.45, 2.75) is 19.3 Å². The van der Waals surface area contributed by atoms with Crippen molar-refractivity contribution in [3.8, 4) is 0 Å². The number of carboxylic acids is 1. The van der Waals surface area contributed by atoms with Gasteiger partial charge in [0.15, 0.2) is 0 Å². The van der Waals surface area contributed by atoms with E-state index in [2.05, 4.69) is 0 Å². The predicted octanol–water partition coefficient (Wildman–Crippen LogP) is 3.51. The summed E-state index contributed by atoms with van der Waals surface area (Å²) >= 11 is 0. The Balaban J connectivity index is 2.21. The second-order valence-corrected chi connectivity index (χ2v) is 3.48. The molecule has 84 valence electrons. The van der Waals surface area contributed by atoms with Crippen LogP contribution in [0.2, 0.25) is 0 Å². The lowest BCUT2D eigenvalue weighted by molar-refractivity contribution is -0.137. The van der Waals surface area contributed by atoms with Crippen LogP contribution in [0.3, 0.4) is 0 Å². The van der Waals surface area contributed by atoms with Crippen LogP contribution in [0.5, 0.6) is 0 Å². The third-order valence-electron chi connectivity index (χ3n) is 2.10. The maximum absolute atomic E-state index is 10.2. The molecule has 1 rings (SSSR count). The van der Waals surface area contributed by atoms with Gasteiger partial charge in [0.1, 0.15) is 0 Å². The fourth-order valence-electron chi connectivity index (χ4n) is 1.28. The molecular weight excluding hydrogens is 200 g/mol. The number of rotatable bonds is 6. The number of carbonyl (C=O) groups is 1. The van der Waals surface area contributed by atoms with Gasteiger partial charge in [0.05, 0.1) is 0 Å². The van der Waals surface area contributed by atoms with Crippen molar-refractivity contribution >= 4 is 12.0 Å². The number of hydrogen-bond acceptors (Lipinski definition) is 1. The Labute approximate surface area is 95.9 Å². The Hall–Kier alpha value is -1.83. The summed E-state index contributed by atoms with van der Waals surface area (Å²) < 4.78 is 0. The Kier molecular flexibility index (Phi) is 5.71. The first-order valence-corrected chi connectivity index (χ1v) is 5.39. The van der Waals surface area contributed by atoms with E-state index in [4.69, 9.17) is 5.11 Å². The van der Waals surface area contributed by atoms with E-state index in [-0.39, 0.29) is 6.42 Å². The highest BCUT2D eigenvalue weighted by atomic mass is 16.4. The van der Waals surface area contributed by atoms with Gasteiger partial charge < -0.3 is 5.11 Å². The molecule has 0 aliphatic carbocycles. The second kappa shape index (κ2) is 7.46. The Bertz CT molecular complexity index is 364. The highest BCUT2D eigenvalue weighted by molar-refractivity contribution is 5.66. The summed E-state index contributed by atoms with van der Waals surface area (Å²) in [4.78, 5) is 10.2. The highest BCUT2D eigenvalue weighted by Gasteiger charge is 1.92. The molecule has 2 heteroatoms. The average Bonchev–Trinajstić information content (AvgIpc) is 2.29. The third-order valence-corrected chi connectivity index (χ3v) is 2.10. The van der Waals surface area contributed by atoms with E-state index < -0.39 is 5.97 Å². The lowest BCUT2D eigenvalue weighted by Crippen LogP contribution is -1.92. The molecular formula is C14H16O2. The van der Waals surface area contributed by atoms with E-state index in [0.717, 1.165) is 12.0 Å². The van der Waals surface area contributed by atoms with Gasteiger partial charge in [0.25, 0.3) is 0 Å². The van der Waals surface area contributed by atoms with E-state index in [0.29, 0.717) is 6.42 Å².